The molecule has 7 heteroatoms. The Balaban J connectivity index is 2.97. The normalized spacial score (nSPS) is 24.1. The van der Waals surface area contributed by atoms with Crippen LogP contribution in [0.15, 0.2) is 0 Å². The number of hydrogen-bond acceptors (Lipinski definition) is 5. The number of hydrogen-bond donors (Lipinski definition) is 0. The molecule has 1 amide bonds. The second kappa shape index (κ2) is 5.02. The standard InChI is InChI=1S/C11H16INO5/c1-10(2,3)17-8(15)11(4)5-7(14)6-13(11)9(16)18-12/h5-6H2,1-4H3. The molecule has 102 valence electrons. The highest BCUT2D eigenvalue weighted by Crippen LogP contribution is 2.30. The number of ether oxygens (including phenoxy) is 1. The summed E-state index contributed by atoms with van der Waals surface area (Å²) in [6, 6.07) is 0. The van der Waals surface area contributed by atoms with Crippen LogP contribution in [0, 0.1) is 0 Å². The first-order chi connectivity index (χ1) is 8.10. The minimum absolute atomic E-state index is 0.0480. The SMILES string of the molecule is CC(C)(C)OC(=O)C1(C)CC(=O)CN1C(=O)OI. The Labute approximate surface area is 120 Å². The summed E-state index contributed by atoms with van der Waals surface area (Å²) >= 11 is 1.42. The van der Waals surface area contributed by atoms with Crippen LogP contribution in [0.25, 0.3) is 0 Å². The Morgan fingerprint density at radius 2 is 1.94 bits per heavy atom. The number of carbonyl (C=O) groups excluding carboxylic acids is 3. The second-order valence-corrected chi connectivity index (χ2v) is 5.86. The minimum Gasteiger partial charge on any atom is -0.458 e. The van der Waals surface area contributed by atoms with E-state index in [1.54, 1.807) is 20.8 Å². The molecule has 1 heterocycles. The molecule has 0 bridgehead atoms. The van der Waals surface area contributed by atoms with E-state index in [0.29, 0.717) is 0 Å². The van der Waals surface area contributed by atoms with Crippen molar-refractivity contribution in [2.75, 3.05) is 6.54 Å². The summed E-state index contributed by atoms with van der Waals surface area (Å²) in [6.07, 6.45) is -0.761. The minimum atomic E-state index is -1.29. The number of nitrogens with zero attached hydrogens (tertiary/aromatic N) is 1. The van der Waals surface area contributed by atoms with Gasteiger partial charge in [0.25, 0.3) is 0 Å². The van der Waals surface area contributed by atoms with Gasteiger partial charge in [0.05, 0.1) is 6.54 Å². The van der Waals surface area contributed by atoms with Crippen molar-refractivity contribution in [2.24, 2.45) is 0 Å². The fourth-order valence-corrected chi connectivity index (χ4v) is 2.00. The molecule has 0 radical (unpaired) electrons. The third-order valence-corrected chi connectivity index (χ3v) is 2.97. The van der Waals surface area contributed by atoms with Crippen molar-refractivity contribution in [3.8, 4) is 0 Å². The number of esters is 1. The molecule has 1 rings (SSSR count). The maximum atomic E-state index is 12.1. The predicted octanol–water partition coefficient (Wildman–Crippen LogP) is 1.85. The Bertz CT molecular complexity index is 389. The van der Waals surface area contributed by atoms with Crippen molar-refractivity contribution in [3.63, 3.8) is 0 Å². The number of Topliss-reactive ketones (excluding diaryl/α,β-unsaturated/α-hetero) is 1. The molecule has 0 aromatic rings. The van der Waals surface area contributed by atoms with Crippen molar-refractivity contribution in [1.82, 2.24) is 4.90 Å². The predicted molar refractivity (Wildman–Crippen MR) is 71.1 cm³/mol. The zero-order valence-electron chi connectivity index (χ0n) is 10.8. The summed E-state index contributed by atoms with van der Waals surface area (Å²) in [6.45, 7) is 6.57. The fraction of sp³-hybridized carbons (Fsp3) is 0.727. The quantitative estimate of drug-likeness (QED) is 0.521. The van der Waals surface area contributed by atoms with E-state index in [1.807, 2.05) is 0 Å². The summed E-state index contributed by atoms with van der Waals surface area (Å²) in [4.78, 5) is 36.3. The van der Waals surface area contributed by atoms with Gasteiger partial charge in [0, 0.05) is 6.42 Å². The van der Waals surface area contributed by atoms with Gasteiger partial charge in [-0.1, -0.05) is 0 Å². The monoisotopic (exact) mass is 369 g/mol. The maximum absolute atomic E-state index is 12.1. The molecule has 6 nitrogen and oxygen atoms in total. The van der Waals surface area contributed by atoms with Crippen molar-refractivity contribution >= 4 is 40.9 Å². The van der Waals surface area contributed by atoms with Crippen molar-refractivity contribution in [3.05, 3.63) is 0 Å². The number of likely N-dealkylation sites (tertiary alicyclic amines) is 1. The van der Waals surface area contributed by atoms with Gasteiger partial charge in [0.15, 0.2) is 28.8 Å². The first kappa shape index (κ1) is 15.2. The van der Waals surface area contributed by atoms with Gasteiger partial charge >= 0.3 is 12.1 Å². The summed E-state index contributed by atoms with van der Waals surface area (Å²) in [5.74, 6) is -0.784. The van der Waals surface area contributed by atoms with Gasteiger partial charge in [0.2, 0.25) is 0 Å². The zero-order chi connectivity index (χ0) is 14.1. The van der Waals surface area contributed by atoms with Crippen LogP contribution in [-0.2, 0) is 17.4 Å². The summed E-state index contributed by atoms with van der Waals surface area (Å²) in [5.41, 5.74) is -1.96. The number of rotatable bonds is 1. The van der Waals surface area contributed by atoms with Gasteiger partial charge in [-0.05, 0) is 27.7 Å². The van der Waals surface area contributed by atoms with Crippen LogP contribution in [0.5, 0.6) is 0 Å². The van der Waals surface area contributed by atoms with Crippen LogP contribution in [0.3, 0.4) is 0 Å². The van der Waals surface area contributed by atoms with Crippen LogP contribution >= 0.6 is 23.0 Å². The van der Waals surface area contributed by atoms with Crippen LogP contribution in [0.1, 0.15) is 34.1 Å². The van der Waals surface area contributed by atoms with Crippen LogP contribution in [0.2, 0.25) is 0 Å². The smallest absolute Gasteiger partial charge is 0.420 e. The van der Waals surface area contributed by atoms with Gasteiger partial charge in [0.1, 0.15) is 11.1 Å². The highest BCUT2D eigenvalue weighted by Gasteiger charge is 2.52. The second-order valence-electron chi connectivity index (χ2n) is 5.42. The van der Waals surface area contributed by atoms with Gasteiger partial charge in [-0.2, -0.15) is 0 Å². The van der Waals surface area contributed by atoms with E-state index in [2.05, 4.69) is 3.07 Å². The van der Waals surface area contributed by atoms with Crippen LogP contribution in [-0.4, -0.2) is 40.4 Å². The molecule has 1 aliphatic rings. The average molecular weight is 369 g/mol. The van der Waals surface area contributed by atoms with Gasteiger partial charge in [-0.15, -0.1) is 0 Å². The molecule has 1 saturated heterocycles. The first-order valence-corrected chi connectivity index (χ1v) is 6.33. The summed E-state index contributed by atoms with van der Waals surface area (Å²) in [7, 11) is 0. The molecule has 0 saturated carbocycles. The topological polar surface area (TPSA) is 72.9 Å². The Morgan fingerprint density at radius 1 is 1.39 bits per heavy atom. The number of carbonyl (C=O) groups is 3. The molecule has 0 aliphatic carbocycles. The van der Waals surface area contributed by atoms with E-state index in [4.69, 9.17) is 4.74 Å². The van der Waals surface area contributed by atoms with Gasteiger partial charge in [-0.3, -0.25) is 9.69 Å². The molecule has 0 spiro atoms. The van der Waals surface area contributed by atoms with E-state index in [-0.39, 0.29) is 18.7 Å². The van der Waals surface area contributed by atoms with E-state index in [9.17, 15) is 14.4 Å². The molecule has 1 unspecified atom stereocenters. The molecule has 0 aromatic carbocycles. The largest absolute Gasteiger partial charge is 0.458 e. The highest BCUT2D eigenvalue weighted by molar-refractivity contribution is 14.1. The van der Waals surface area contributed by atoms with E-state index >= 15 is 0 Å². The number of amides is 1. The van der Waals surface area contributed by atoms with E-state index < -0.39 is 23.2 Å². The van der Waals surface area contributed by atoms with E-state index in [1.165, 1.54) is 29.9 Å². The molecule has 0 N–H and O–H groups in total. The fourth-order valence-electron chi connectivity index (χ4n) is 1.76. The average Bonchev–Trinajstić information content (AvgIpc) is 2.52. The maximum Gasteiger partial charge on any atom is 0.420 e. The summed E-state index contributed by atoms with van der Waals surface area (Å²) < 4.78 is 9.81. The molecule has 1 fully saturated rings. The molecular formula is C11H16INO5. The third kappa shape index (κ3) is 3.12. The van der Waals surface area contributed by atoms with Gasteiger partial charge in [-0.25, -0.2) is 9.59 Å². The van der Waals surface area contributed by atoms with Crippen molar-refractivity contribution in [1.29, 1.82) is 0 Å². The lowest BCUT2D eigenvalue weighted by Gasteiger charge is -2.33. The molecular weight excluding hydrogens is 353 g/mol. The first-order valence-electron chi connectivity index (χ1n) is 5.45. The number of halogens is 1. The third-order valence-electron chi connectivity index (χ3n) is 2.60. The lowest BCUT2D eigenvalue weighted by atomic mass is 9.98. The van der Waals surface area contributed by atoms with Crippen LogP contribution in [0.4, 0.5) is 4.79 Å². The molecule has 0 aromatic heterocycles. The lowest BCUT2D eigenvalue weighted by molar-refractivity contribution is -0.166. The molecule has 1 aliphatic heterocycles. The lowest BCUT2D eigenvalue weighted by Crippen LogP contribution is -2.52. The Kier molecular flexibility index (Phi) is 4.24. The Hall–Kier alpha value is -0.860. The Morgan fingerprint density at radius 3 is 2.39 bits per heavy atom. The van der Waals surface area contributed by atoms with Gasteiger partial charge < -0.3 is 7.80 Å². The highest BCUT2D eigenvalue weighted by atomic mass is 127. The van der Waals surface area contributed by atoms with Crippen LogP contribution < -0.4 is 0 Å². The van der Waals surface area contributed by atoms with Crippen molar-refractivity contribution in [2.45, 2.75) is 45.3 Å². The van der Waals surface area contributed by atoms with Crippen molar-refractivity contribution < 1.29 is 22.2 Å². The summed E-state index contributed by atoms with van der Waals surface area (Å²) in [5, 5.41) is 0. The zero-order valence-corrected chi connectivity index (χ0v) is 12.9. The molecule has 1 atom stereocenters. The number of ketones is 1. The van der Waals surface area contributed by atoms with E-state index in [0.717, 1.165) is 4.90 Å². The molecule has 18 heavy (non-hydrogen) atoms.